The molecule has 0 spiro atoms. The fraction of sp³-hybridized carbons (Fsp3) is 0.562. The number of likely N-dealkylation sites (tertiary alicyclic amines) is 1. The van der Waals surface area contributed by atoms with E-state index in [1.165, 1.54) is 12.1 Å². The number of ether oxygens (including phenoxy) is 1. The van der Waals surface area contributed by atoms with E-state index in [0.717, 1.165) is 25.9 Å². The number of carbonyl (C=O) groups excluding carboxylic acids is 1. The molecule has 1 heterocycles. The van der Waals surface area contributed by atoms with E-state index in [1.807, 2.05) is 0 Å². The normalized spacial score (nSPS) is 18.6. The molecule has 1 atom stereocenters. The van der Waals surface area contributed by atoms with E-state index in [-0.39, 0.29) is 29.9 Å². The van der Waals surface area contributed by atoms with Crippen molar-refractivity contribution in [3.8, 4) is 5.75 Å². The second kappa shape index (κ2) is 7.35. The summed E-state index contributed by atoms with van der Waals surface area (Å²) in [5, 5.41) is 10.9. The van der Waals surface area contributed by atoms with Crippen LogP contribution in [0.1, 0.15) is 26.7 Å². The third-order valence-corrected chi connectivity index (χ3v) is 3.77. The second-order valence-corrected chi connectivity index (χ2v) is 6.03. The van der Waals surface area contributed by atoms with Gasteiger partial charge < -0.3 is 4.74 Å². The number of Topliss-reactive ketones (excluding diaryl/α,β-unsaturated/α-hetero) is 1. The third kappa shape index (κ3) is 4.04. The highest BCUT2D eigenvalue weighted by Crippen LogP contribution is 2.26. The Kier molecular flexibility index (Phi) is 5.49. The Labute approximate surface area is 130 Å². The molecule has 1 aromatic carbocycles. The SMILES string of the molecule is CC(C)CN1CCC[C@@H]1C(=O)COc1ccccc1[N+](=O)[O-]. The molecule has 0 aliphatic carbocycles. The minimum absolute atomic E-state index is 0.00342. The van der Waals surface area contributed by atoms with Crippen molar-refractivity contribution in [1.29, 1.82) is 0 Å². The Morgan fingerprint density at radius 3 is 2.86 bits per heavy atom. The molecule has 1 fully saturated rings. The van der Waals surface area contributed by atoms with Crippen molar-refractivity contribution in [2.24, 2.45) is 5.92 Å². The minimum atomic E-state index is -0.500. The Morgan fingerprint density at radius 1 is 1.45 bits per heavy atom. The van der Waals surface area contributed by atoms with Crippen LogP contribution in [0.5, 0.6) is 5.75 Å². The Morgan fingerprint density at radius 2 is 2.18 bits per heavy atom. The van der Waals surface area contributed by atoms with E-state index in [1.54, 1.807) is 12.1 Å². The molecule has 1 aliphatic rings. The zero-order chi connectivity index (χ0) is 16.1. The monoisotopic (exact) mass is 306 g/mol. The largest absolute Gasteiger partial charge is 0.479 e. The van der Waals surface area contributed by atoms with Gasteiger partial charge in [-0.15, -0.1) is 0 Å². The first-order valence-corrected chi connectivity index (χ1v) is 7.62. The lowest BCUT2D eigenvalue weighted by Crippen LogP contribution is -2.40. The molecule has 0 amide bonds. The Bertz CT molecular complexity index is 545. The quantitative estimate of drug-likeness (QED) is 0.572. The van der Waals surface area contributed by atoms with Crippen LogP contribution in [-0.4, -0.2) is 41.3 Å². The van der Waals surface area contributed by atoms with Gasteiger partial charge in [0.25, 0.3) is 0 Å². The first kappa shape index (κ1) is 16.4. The molecule has 0 unspecified atom stereocenters. The number of nitro groups is 1. The summed E-state index contributed by atoms with van der Waals surface area (Å²) < 4.78 is 5.41. The summed E-state index contributed by atoms with van der Waals surface area (Å²) in [4.78, 5) is 25.0. The Balaban J connectivity index is 1.97. The van der Waals surface area contributed by atoms with Gasteiger partial charge in [0.05, 0.1) is 11.0 Å². The number of hydrogen-bond donors (Lipinski definition) is 0. The van der Waals surface area contributed by atoms with Crippen molar-refractivity contribution in [3.63, 3.8) is 0 Å². The average molecular weight is 306 g/mol. The van der Waals surface area contributed by atoms with Gasteiger partial charge in [-0.1, -0.05) is 26.0 Å². The highest BCUT2D eigenvalue weighted by molar-refractivity contribution is 5.85. The standard InChI is InChI=1S/C16H22N2O4/c1-12(2)10-17-9-5-7-13(17)15(19)11-22-16-8-4-3-6-14(16)18(20)21/h3-4,6,8,12-13H,5,7,9-11H2,1-2H3/t13-/m1/s1. The molecule has 1 aliphatic heterocycles. The van der Waals surface area contributed by atoms with Gasteiger partial charge in [0, 0.05) is 12.6 Å². The number of nitrogens with zero attached hydrogens (tertiary/aromatic N) is 2. The number of benzene rings is 1. The van der Waals surface area contributed by atoms with Gasteiger partial charge in [0.2, 0.25) is 0 Å². The molecule has 6 heteroatoms. The molecule has 0 saturated carbocycles. The van der Waals surface area contributed by atoms with Crippen LogP contribution in [0, 0.1) is 16.0 Å². The van der Waals surface area contributed by atoms with E-state index in [0.29, 0.717) is 5.92 Å². The van der Waals surface area contributed by atoms with E-state index in [4.69, 9.17) is 4.74 Å². The lowest BCUT2D eigenvalue weighted by molar-refractivity contribution is -0.385. The van der Waals surface area contributed by atoms with Crippen molar-refractivity contribution in [3.05, 3.63) is 34.4 Å². The minimum Gasteiger partial charge on any atom is -0.479 e. The van der Waals surface area contributed by atoms with Gasteiger partial charge in [0.15, 0.2) is 11.5 Å². The molecule has 120 valence electrons. The predicted molar refractivity (Wildman–Crippen MR) is 83.0 cm³/mol. The zero-order valence-electron chi connectivity index (χ0n) is 13.0. The first-order chi connectivity index (χ1) is 10.5. The zero-order valence-corrected chi connectivity index (χ0v) is 13.0. The molecular weight excluding hydrogens is 284 g/mol. The van der Waals surface area contributed by atoms with Gasteiger partial charge in [-0.2, -0.15) is 0 Å². The van der Waals surface area contributed by atoms with Crippen LogP contribution < -0.4 is 4.74 Å². The van der Waals surface area contributed by atoms with Gasteiger partial charge in [-0.3, -0.25) is 19.8 Å². The maximum Gasteiger partial charge on any atom is 0.310 e. The van der Waals surface area contributed by atoms with Crippen molar-refractivity contribution < 1.29 is 14.5 Å². The highest BCUT2D eigenvalue weighted by atomic mass is 16.6. The number of nitro benzene ring substituents is 1. The smallest absolute Gasteiger partial charge is 0.310 e. The average Bonchev–Trinajstić information content (AvgIpc) is 2.92. The van der Waals surface area contributed by atoms with Gasteiger partial charge >= 0.3 is 5.69 Å². The lowest BCUT2D eigenvalue weighted by atomic mass is 10.1. The van der Waals surface area contributed by atoms with Crippen LogP contribution in [0.4, 0.5) is 5.69 Å². The number of ketones is 1. The first-order valence-electron chi connectivity index (χ1n) is 7.62. The third-order valence-electron chi connectivity index (χ3n) is 3.77. The summed E-state index contributed by atoms with van der Waals surface area (Å²) in [6.45, 7) is 5.96. The maximum atomic E-state index is 12.4. The van der Waals surface area contributed by atoms with Crippen LogP contribution in [0.15, 0.2) is 24.3 Å². The van der Waals surface area contributed by atoms with E-state index < -0.39 is 4.92 Å². The number of hydrogen-bond acceptors (Lipinski definition) is 5. The molecule has 22 heavy (non-hydrogen) atoms. The molecule has 6 nitrogen and oxygen atoms in total. The molecule has 0 radical (unpaired) electrons. The van der Waals surface area contributed by atoms with E-state index in [9.17, 15) is 14.9 Å². The van der Waals surface area contributed by atoms with Crippen LogP contribution in [-0.2, 0) is 4.79 Å². The van der Waals surface area contributed by atoms with Crippen molar-refractivity contribution in [2.75, 3.05) is 19.7 Å². The molecule has 0 bridgehead atoms. The fourth-order valence-corrected chi connectivity index (χ4v) is 2.85. The van der Waals surface area contributed by atoms with Gasteiger partial charge in [-0.05, 0) is 31.4 Å². The van der Waals surface area contributed by atoms with Crippen LogP contribution in [0.25, 0.3) is 0 Å². The van der Waals surface area contributed by atoms with Crippen molar-refractivity contribution in [1.82, 2.24) is 4.90 Å². The number of carbonyl (C=O) groups is 1. The maximum absolute atomic E-state index is 12.4. The summed E-state index contributed by atoms with van der Waals surface area (Å²) in [7, 11) is 0. The lowest BCUT2D eigenvalue weighted by Gasteiger charge is -2.25. The highest BCUT2D eigenvalue weighted by Gasteiger charge is 2.31. The molecule has 1 saturated heterocycles. The second-order valence-electron chi connectivity index (χ2n) is 6.03. The van der Waals surface area contributed by atoms with Crippen LogP contribution in [0.2, 0.25) is 0 Å². The molecule has 0 N–H and O–H groups in total. The fourth-order valence-electron chi connectivity index (χ4n) is 2.85. The topological polar surface area (TPSA) is 72.7 Å². The Hall–Kier alpha value is -1.95. The summed E-state index contributed by atoms with van der Waals surface area (Å²) in [5.74, 6) is 0.648. The van der Waals surface area contributed by atoms with Crippen molar-refractivity contribution in [2.45, 2.75) is 32.7 Å². The predicted octanol–water partition coefficient (Wildman–Crippen LogP) is 2.66. The summed E-state index contributed by atoms with van der Waals surface area (Å²) in [6, 6.07) is 6.01. The van der Waals surface area contributed by atoms with E-state index in [2.05, 4.69) is 18.7 Å². The number of para-hydroxylation sites is 2. The summed E-state index contributed by atoms with van der Waals surface area (Å²) >= 11 is 0. The van der Waals surface area contributed by atoms with Gasteiger partial charge in [-0.25, -0.2) is 0 Å². The molecule has 2 rings (SSSR count). The van der Waals surface area contributed by atoms with Crippen LogP contribution >= 0.6 is 0 Å². The van der Waals surface area contributed by atoms with E-state index >= 15 is 0 Å². The van der Waals surface area contributed by atoms with Gasteiger partial charge in [0.1, 0.15) is 6.61 Å². The summed E-state index contributed by atoms with van der Waals surface area (Å²) in [5.41, 5.74) is -0.110. The number of rotatable bonds is 7. The molecule has 1 aromatic rings. The summed E-state index contributed by atoms with van der Waals surface area (Å²) in [6.07, 6.45) is 1.85. The van der Waals surface area contributed by atoms with Crippen molar-refractivity contribution >= 4 is 11.5 Å². The molecule has 0 aromatic heterocycles. The molecular formula is C16H22N2O4. The van der Waals surface area contributed by atoms with Crippen LogP contribution in [0.3, 0.4) is 0 Å².